The molecule has 1 atom stereocenters. The summed E-state index contributed by atoms with van der Waals surface area (Å²) in [5.74, 6) is -0.864. The average Bonchev–Trinajstić information content (AvgIpc) is 3.29. The van der Waals surface area contributed by atoms with E-state index in [1.165, 1.54) is 161 Å². The fourth-order valence-corrected chi connectivity index (χ4v) is 7.96. The number of rotatable bonds is 50. The van der Waals surface area contributed by atoms with Gasteiger partial charge < -0.3 is 14.2 Å². The normalized spacial score (nSPS) is 12.4. The molecule has 0 amide bonds. The molecule has 0 N–H and O–H groups in total. The second-order valence-electron chi connectivity index (χ2n) is 18.5. The summed E-state index contributed by atoms with van der Waals surface area (Å²) in [5, 5.41) is 0. The van der Waals surface area contributed by atoms with Crippen LogP contribution in [0.1, 0.15) is 284 Å². The zero-order valence-electron chi connectivity index (χ0n) is 42.6. The lowest BCUT2D eigenvalue weighted by molar-refractivity contribution is -0.167. The molecule has 372 valence electrons. The Labute approximate surface area is 397 Å². The van der Waals surface area contributed by atoms with Gasteiger partial charge in [-0.3, -0.25) is 14.4 Å². The van der Waals surface area contributed by atoms with Crippen molar-refractivity contribution in [2.45, 2.75) is 290 Å². The summed E-state index contributed by atoms with van der Waals surface area (Å²) in [6, 6.07) is 0. The molecular weight excluding hydrogens is 793 g/mol. The van der Waals surface area contributed by atoms with Crippen LogP contribution < -0.4 is 0 Å². The molecule has 0 aliphatic rings. The second kappa shape index (κ2) is 53.0. The van der Waals surface area contributed by atoms with Gasteiger partial charge in [-0.25, -0.2) is 0 Å². The minimum absolute atomic E-state index is 0.0699. The minimum Gasteiger partial charge on any atom is -0.462 e. The number of ether oxygens (including phenoxy) is 3. The van der Waals surface area contributed by atoms with Gasteiger partial charge >= 0.3 is 17.9 Å². The van der Waals surface area contributed by atoms with Crippen molar-refractivity contribution in [1.82, 2.24) is 0 Å². The molecule has 0 bridgehead atoms. The predicted octanol–water partition coefficient (Wildman–Crippen LogP) is 18.3. The van der Waals surface area contributed by atoms with E-state index < -0.39 is 6.10 Å². The number of hydrogen-bond acceptors (Lipinski definition) is 6. The number of carbonyl (C=O) groups is 3. The van der Waals surface area contributed by atoms with Crippen LogP contribution in [0.15, 0.2) is 48.6 Å². The minimum atomic E-state index is -0.769. The fourth-order valence-electron chi connectivity index (χ4n) is 7.96. The number of esters is 3. The van der Waals surface area contributed by atoms with Crippen LogP contribution in [0.4, 0.5) is 0 Å². The Morgan fingerprint density at radius 2 is 0.609 bits per heavy atom. The first-order chi connectivity index (χ1) is 31.5. The molecule has 0 heterocycles. The molecular formula is C58H104O6. The van der Waals surface area contributed by atoms with Gasteiger partial charge in [-0.1, -0.05) is 256 Å². The van der Waals surface area contributed by atoms with Crippen molar-refractivity contribution in [3.63, 3.8) is 0 Å². The average molecular weight is 897 g/mol. The molecule has 1 unspecified atom stereocenters. The lowest BCUT2D eigenvalue weighted by Gasteiger charge is -2.18. The Morgan fingerprint density at radius 1 is 0.328 bits per heavy atom. The zero-order chi connectivity index (χ0) is 46.5. The summed E-state index contributed by atoms with van der Waals surface area (Å²) in [4.78, 5) is 38.0. The van der Waals surface area contributed by atoms with Gasteiger partial charge in [0, 0.05) is 19.3 Å². The summed E-state index contributed by atoms with van der Waals surface area (Å²) >= 11 is 0. The zero-order valence-corrected chi connectivity index (χ0v) is 42.6. The van der Waals surface area contributed by atoms with Gasteiger partial charge in [0.1, 0.15) is 13.2 Å². The van der Waals surface area contributed by atoms with Crippen molar-refractivity contribution in [3.05, 3.63) is 48.6 Å². The fraction of sp³-hybridized carbons (Fsp3) is 0.810. The highest BCUT2D eigenvalue weighted by atomic mass is 16.6. The first kappa shape index (κ1) is 61.4. The van der Waals surface area contributed by atoms with Crippen molar-refractivity contribution >= 4 is 17.9 Å². The third kappa shape index (κ3) is 50.4. The molecule has 0 fully saturated rings. The highest BCUT2D eigenvalue weighted by Gasteiger charge is 2.19. The molecule has 0 aromatic carbocycles. The van der Waals surface area contributed by atoms with Crippen LogP contribution in [-0.4, -0.2) is 37.2 Å². The lowest BCUT2D eigenvalue weighted by Crippen LogP contribution is -2.30. The van der Waals surface area contributed by atoms with Crippen LogP contribution in [0.25, 0.3) is 0 Å². The van der Waals surface area contributed by atoms with E-state index in [1.807, 2.05) is 0 Å². The van der Waals surface area contributed by atoms with Gasteiger partial charge in [-0.05, 0) is 57.8 Å². The summed E-state index contributed by atoms with van der Waals surface area (Å²) in [6.45, 7) is 6.53. The van der Waals surface area contributed by atoms with Gasteiger partial charge in [0.25, 0.3) is 0 Å². The SMILES string of the molecule is CC/C=C\C/C=C\C/C=C\C/C=C\CCCCCCCCCCCCC(=O)OCC(COC(=O)CCCCCCCCCCCC)OC(=O)CCCCCCCCCCCCCCC. The van der Waals surface area contributed by atoms with E-state index in [9.17, 15) is 14.4 Å². The van der Waals surface area contributed by atoms with E-state index in [2.05, 4.69) is 69.4 Å². The van der Waals surface area contributed by atoms with Gasteiger partial charge in [-0.2, -0.15) is 0 Å². The van der Waals surface area contributed by atoms with Crippen molar-refractivity contribution in [3.8, 4) is 0 Å². The van der Waals surface area contributed by atoms with E-state index >= 15 is 0 Å². The molecule has 0 saturated heterocycles. The van der Waals surface area contributed by atoms with Crippen molar-refractivity contribution in [2.24, 2.45) is 0 Å². The smallest absolute Gasteiger partial charge is 0.306 e. The van der Waals surface area contributed by atoms with Crippen molar-refractivity contribution in [2.75, 3.05) is 13.2 Å². The molecule has 0 spiro atoms. The molecule has 6 heteroatoms. The third-order valence-corrected chi connectivity index (χ3v) is 12.1. The lowest BCUT2D eigenvalue weighted by atomic mass is 10.0. The Kier molecular flexibility index (Phi) is 50.8. The molecule has 0 aliphatic heterocycles. The first-order valence-electron chi connectivity index (χ1n) is 27.6. The maximum Gasteiger partial charge on any atom is 0.306 e. The summed E-state index contributed by atoms with van der Waals surface area (Å²) in [5.41, 5.74) is 0. The van der Waals surface area contributed by atoms with Gasteiger partial charge in [-0.15, -0.1) is 0 Å². The van der Waals surface area contributed by atoms with Crippen LogP contribution in [0, 0.1) is 0 Å². The maximum absolute atomic E-state index is 12.8. The standard InChI is InChI=1S/C58H104O6/c1-4-7-10-13-16-19-22-24-25-26-27-28-29-30-31-32-33-35-36-39-42-45-48-51-57(60)63-54-55(53-62-56(59)50-47-44-41-38-21-18-15-12-9-6-3)64-58(61)52-49-46-43-40-37-34-23-20-17-14-11-8-5-2/h7,10,16,19,24-25,27-28,55H,4-6,8-9,11-15,17-18,20-23,26,29-54H2,1-3H3/b10-7-,19-16-,25-24-,28-27-. The topological polar surface area (TPSA) is 78.9 Å². The summed E-state index contributed by atoms with van der Waals surface area (Å²) in [6.07, 6.45) is 63.9. The van der Waals surface area contributed by atoms with E-state index in [-0.39, 0.29) is 31.1 Å². The Balaban J connectivity index is 4.23. The maximum atomic E-state index is 12.8. The number of unbranched alkanes of at least 4 members (excludes halogenated alkanes) is 31. The molecule has 0 radical (unpaired) electrons. The van der Waals surface area contributed by atoms with E-state index in [0.29, 0.717) is 19.3 Å². The monoisotopic (exact) mass is 897 g/mol. The van der Waals surface area contributed by atoms with E-state index in [0.717, 1.165) is 83.5 Å². The molecule has 0 aliphatic carbocycles. The Bertz CT molecular complexity index is 1120. The van der Waals surface area contributed by atoms with E-state index in [1.54, 1.807) is 0 Å². The van der Waals surface area contributed by atoms with Crippen molar-refractivity contribution < 1.29 is 28.6 Å². The second-order valence-corrected chi connectivity index (χ2v) is 18.5. The van der Waals surface area contributed by atoms with Crippen LogP contribution in [0.5, 0.6) is 0 Å². The molecule has 0 aromatic heterocycles. The largest absolute Gasteiger partial charge is 0.462 e. The van der Waals surface area contributed by atoms with Crippen LogP contribution in [-0.2, 0) is 28.6 Å². The van der Waals surface area contributed by atoms with Crippen LogP contribution in [0.3, 0.4) is 0 Å². The molecule has 64 heavy (non-hydrogen) atoms. The first-order valence-corrected chi connectivity index (χ1v) is 27.6. The van der Waals surface area contributed by atoms with Gasteiger partial charge in [0.2, 0.25) is 0 Å². The number of carbonyl (C=O) groups excluding carboxylic acids is 3. The molecule has 0 aromatic rings. The molecule has 0 rings (SSSR count). The Hall–Kier alpha value is -2.63. The van der Waals surface area contributed by atoms with E-state index in [4.69, 9.17) is 14.2 Å². The van der Waals surface area contributed by atoms with Crippen molar-refractivity contribution in [1.29, 1.82) is 0 Å². The summed E-state index contributed by atoms with van der Waals surface area (Å²) in [7, 11) is 0. The number of allylic oxidation sites excluding steroid dienone is 8. The van der Waals surface area contributed by atoms with Crippen LogP contribution in [0.2, 0.25) is 0 Å². The van der Waals surface area contributed by atoms with Gasteiger partial charge in [0.15, 0.2) is 6.10 Å². The predicted molar refractivity (Wildman–Crippen MR) is 275 cm³/mol. The summed E-state index contributed by atoms with van der Waals surface area (Å²) < 4.78 is 16.8. The highest BCUT2D eigenvalue weighted by molar-refractivity contribution is 5.71. The van der Waals surface area contributed by atoms with Gasteiger partial charge in [0.05, 0.1) is 0 Å². The third-order valence-electron chi connectivity index (χ3n) is 12.1. The molecule has 0 saturated carbocycles. The number of hydrogen-bond donors (Lipinski definition) is 0. The molecule has 6 nitrogen and oxygen atoms in total. The quantitative estimate of drug-likeness (QED) is 0.0262. The Morgan fingerprint density at radius 3 is 0.953 bits per heavy atom. The van der Waals surface area contributed by atoms with Crippen LogP contribution >= 0.6 is 0 Å². The highest BCUT2D eigenvalue weighted by Crippen LogP contribution is 2.16.